The van der Waals surface area contributed by atoms with Crippen LogP contribution in [-0.2, 0) is 0 Å². The van der Waals surface area contributed by atoms with Crippen molar-refractivity contribution in [1.82, 2.24) is 9.97 Å². The lowest BCUT2D eigenvalue weighted by atomic mass is 10.3. The van der Waals surface area contributed by atoms with Gasteiger partial charge in [0.05, 0.1) is 11.2 Å². The number of hydrogen-bond donors (Lipinski definition) is 1. The average molecular weight is 241 g/mol. The van der Waals surface area contributed by atoms with Crippen LogP contribution in [0.15, 0.2) is 23.0 Å². The molecule has 0 atom stereocenters. The van der Waals surface area contributed by atoms with Crippen molar-refractivity contribution in [3.05, 3.63) is 40.6 Å². The largest absolute Gasteiger partial charge is 0.317 e. The molecule has 0 saturated heterocycles. The Hall–Kier alpha value is -1.89. The van der Waals surface area contributed by atoms with Crippen LogP contribution in [0.25, 0.3) is 0 Å². The van der Waals surface area contributed by atoms with Gasteiger partial charge < -0.3 is 5.32 Å². The molecule has 2 heterocycles. The van der Waals surface area contributed by atoms with Crippen LogP contribution in [0.4, 0.5) is 14.5 Å². The third-order valence-corrected chi connectivity index (χ3v) is 2.31. The highest BCUT2D eigenvalue weighted by atomic mass is 32.1. The summed E-state index contributed by atoms with van der Waals surface area (Å²) in [5, 5.41) is 3.76. The average Bonchev–Trinajstić information content (AvgIpc) is 2.75. The van der Waals surface area contributed by atoms with E-state index in [2.05, 4.69) is 15.3 Å². The Labute approximate surface area is 93.0 Å². The van der Waals surface area contributed by atoms with Gasteiger partial charge in [-0.25, -0.2) is 4.98 Å². The smallest absolute Gasteiger partial charge is 0.275 e. The van der Waals surface area contributed by atoms with Crippen LogP contribution in [0.3, 0.4) is 0 Å². The fraction of sp³-hybridized carbons (Fsp3) is 0. The first-order valence-electron chi connectivity index (χ1n) is 4.18. The lowest BCUT2D eigenvalue weighted by Gasteiger charge is -2.03. The molecule has 2 aromatic heterocycles. The van der Waals surface area contributed by atoms with Crippen LogP contribution in [-0.4, -0.2) is 15.9 Å². The molecule has 2 rings (SSSR count). The number of amides is 1. The van der Waals surface area contributed by atoms with E-state index < -0.39 is 17.8 Å². The minimum atomic E-state index is -1.07. The van der Waals surface area contributed by atoms with Crippen LogP contribution in [0, 0.1) is 11.9 Å². The van der Waals surface area contributed by atoms with Gasteiger partial charge in [-0.3, -0.25) is 4.79 Å². The van der Waals surface area contributed by atoms with Gasteiger partial charge in [0, 0.05) is 5.38 Å². The molecule has 1 N–H and O–H groups in total. The first-order valence-corrected chi connectivity index (χ1v) is 5.12. The van der Waals surface area contributed by atoms with Crippen molar-refractivity contribution in [2.45, 2.75) is 0 Å². The topological polar surface area (TPSA) is 54.9 Å². The molecule has 0 spiro atoms. The molecule has 0 saturated carbocycles. The lowest BCUT2D eigenvalue weighted by molar-refractivity contribution is 0.102. The fourth-order valence-electron chi connectivity index (χ4n) is 1.02. The standard InChI is InChI=1S/C9H5F2N3OS/c10-7-2-1-5(8(11)14-7)13-9(15)6-3-16-4-12-6/h1-4H,(H,13,15). The van der Waals surface area contributed by atoms with Crippen molar-refractivity contribution < 1.29 is 13.6 Å². The van der Waals surface area contributed by atoms with E-state index in [1.807, 2.05) is 0 Å². The number of carbonyl (C=O) groups is 1. The zero-order valence-corrected chi connectivity index (χ0v) is 8.59. The summed E-state index contributed by atoms with van der Waals surface area (Å²) < 4.78 is 25.6. The molecular weight excluding hydrogens is 236 g/mol. The van der Waals surface area contributed by atoms with Gasteiger partial charge in [-0.2, -0.15) is 13.8 Å². The molecule has 0 unspecified atom stereocenters. The molecule has 7 heteroatoms. The Balaban J connectivity index is 2.18. The molecule has 82 valence electrons. The van der Waals surface area contributed by atoms with E-state index >= 15 is 0 Å². The highest BCUT2D eigenvalue weighted by Gasteiger charge is 2.12. The van der Waals surface area contributed by atoms with Gasteiger partial charge in [-0.15, -0.1) is 11.3 Å². The Morgan fingerprint density at radius 1 is 1.38 bits per heavy atom. The highest BCUT2D eigenvalue weighted by Crippen LogP contribution is 2.13. The summed E-state index contributed by atoms with van der Waals surface area (Å²) in [6, 6.07) is 2.06. The Morgan fingerprint density at radius 2 is 2.19 bits per heavy atom. The first kappa shape index (κ1) is 10.6. The Kier molecular flexibility index (Phi) is 2.86. The van der Waals surface area contributed by atoms with E-state index in [4.69, 9.17) is 0 Å². The third-order valence-electron chi connectivity index (χ3n) is 1.73. The van der Waals surface area contributed by atoms with Crippen LogP contribution in [0.1, 0.15) is 10.5 Å². The number of nitrogens with zero attached hydrogens (tertiary/aromatic N) is 2. The van der Waals surface area contributed by atoms with Gasteiger partial charge in [0.25, 0.3) is 5.91 Å². The maximum Gasteiger partial charge on any atom is 0.275 e. The molecule has 16 heavy (non-hydrogen) atoms. The summed E-state index contributed by atoms with van der Waals surface area (Å²) in [7, 11) is 0. The number of pyridine rings is 1. The van der Waals surface area contributed by atoms with Crippen LogP contribution in [0.2, 0.25) is 0 Å². The second kappa shape index (κ2) is 4.31. The molecule has 0 aromatic carbocycles. The second-order valence-corrected chi connectivity index (χ2v) is 3.52. The van der Waals surface area contributed by atoms with Crippen LogP contribution >= 0.6 is 11.3 Å². The van der Waals surface area contributed by atoms with Crippen molar-refractivity contribution in [3.63, 3.8) is 0 Å². The van der Waals surface area contributed by atoms with Crippen molar-refractivity contribution in [2.75, 3.05) is 5.32 Å². The molecule has 0 aliphatic carbocycles. The molecule has 0 aliphatic rings. The highest BCUT2D eigenvalue weighted by molar-refractivity contribution is 7.07. The zero-order chi connectivity index (χ0) is 11.5. The minimum Gasteiger partial charge on any atom is -0.317 e. The molecule has 0 bridgehead atoms. The number of hydrogen-bond acceptors (Lipinski definition) is 4. The first-order chi connectivity index (χ1) is 7.66. The Morgan fingerprint density at radius 3 is 2.81 bits per heavy atom. The van der Waals surface area contributed by atoms with E-state index in [9.17, 15) is 13.6 Å². The number of nitrogens with one attached hydrogen (secondary N) is 1. The van der Waals surface area contributed by atoms with Gasteiger partial charge in [0.2, 0.25) is 11.9 Å². The maximum absolute atomic E-state index is 13.1. The molecule has 2 aromatic rings. The number of aromatic nitrogens is 2. The lowest BCUT2D eigenvalue weighted by Crippen LogP contribution is -2.14. The van der Waals surface area contributed by atoms with Gasteiger partial charge in [0.15, 0.2) is 0 Å². The SMILES string of the molecule is O=C(Nc1ccc(F)nc1F)c1cscn1. The maximum atomic E-state index is 13.1. The molecule has 0 aliphatic heterocycles. The van der Waals surface area contributed by atoms with E-state index in [1.165, 1.54) is 22.2 Å². The summed E-state index contributed by atoms with van der Waals surface area (Å²) in [4.78, 5) is 18.1. The quantitative estimate of drug-likeness (QED) is 0.819. The monoisotopic (exact) mass is 241 g/mol. The number of halogens is 2. The van der Waals surface area contributed by atoms with Crippen molar-refractivity contribution in [2.24, 2.45) is 0 Å². The van der Waals surface area contributed by atoms with Crippen LogP contribution in [0.5, 0.6) is 0 Å². The summed E-state index contributed by atoms with van der Waals surface area (Å²) in [6.07, 6.45) is 0. The normalized spacial score (nSPS) is 10.1. The van der Waals surface area contributed by atoms with E-state index in [1.54, 1.807) is 0 Å². The number of thiazole rings is 1. The fourth-order valence-corrected chi connectivity index (χ4v) is 1.55. The van der Waals surface area contributed by atoms with Gasteiger partial charge >= 0.3 is 0 Å². The van der Waals surface area contributed by atoms with Gasteiger partial charge in [-0.05, 0) is 12.1 Å². The van der Waals surface area contributed by atoms with Gasteiger partial charge in [-0.1, -0.05) is 0 Å². The summed E-state index contributed by atoms with van der Waals surface area (Å²) in [6.45, 7) is 0. The molecule has 0 fully saturated rings. The van der Waals surface area contributed by atoms with E-state index in [0.717, 1.165) is 12.1 Å². The molecule has 1 amide bonds. The number of carbonyl (C=O) groups excluding carboxylic acids is 1. The van der Waals surface area contributed by atoms with Crippen molar-refractivity contribution in [1.29, 1.82) is 0 Å². The van der Waals surface area contributed by atoms with Gasteiger partial charge in [0.1, 0.15) is 5.69 Å². The molecule has 4 nitrogen and oxygen atoms in total. The summed E-state index contributed by atoms with van der Waals surface area (Å²) in [5.41, 5.74) is 1.47. The molecular formula is C9H5F2N3OS. The number of anilines is 1. The third kappa shape index (κ3) is 2.19. The van der Waals surface area contributed by atoms with E-state index in [0.29, 0.717) is 0 Å². The predicted octanol–water partition coefficient (Wildman–Crippen LogP) is 2.07. The second-order valence-electron chi connectivity index (χ2n) is 2.80. The Bertz CT molecular complexity index is 515. The summed E-state index contributed by atoms with van der Waals surface area (Å²) in [5.74, 6) is -2.57. The summed E-state index contributed by atoms with van der Waals surface area (Å²) >= 11 is 1.24. The van der Waals surface area contributed by atoms with Crippen LogP contribution < -0.4 is 5.32 Å². The van der Waals surface area contributed by atoms with Crippen molar-refractivity contribution >= 4 is 22.9 Å². The molecule has 0 radical (unpaired) electrons. The minimum absolute atomic E-state index is 0.175. The van der Waals surface area contributed by atoms with Crippen molar-refractivity contribution in [3.8, 4) is 0 Å². The number of rotatable bonds is 2. The predicted molar refractivity (Wildman–Crippen MR) is 54.2 cm³/mol. The van der Waals surface area contributed by atoms with E-state index in [-0.39, 0.29) is 11.4 Å². The zero-order valence-electron chi connectivity index (χ0n) is 7.78.